The van der Waals surface area contributed by atoms with Gasteiger partial charge in [0, 0.05) is 16.7 Å². The van der Waals surface area contributed by atoms with E-state index in [0.29, 0.717) is 21.1 Å². The second kappa shape index (κ2) is 7.38. The molecule has 7 heteroatoms. The smallest absolute Gasteiger partial charge is 0.335 e. The normalized spacial score (nSPS) is 11.0. The molecule has 2 heterocycles. The van der Waals surface area contributed by atoms with Crippen LogP contribution in [0.2, 0.25) is 0 Å². The summed E-state index contributed by atoms with van der Waals surface area (Å²) in [5.41, 5.74) is 2.96. The molecule has 0 aliphatic carbocycles. The number of H-pyrrole nitrogens is 1. The van der Waals surface area contributed by atoms with Crippen LogP contribution < -0.4 is 5.56 Å². The first-order valence-electron chi connectivity index (χ1n) is 8.14. The van der Waals surface area contributed by atoms with Crippen molar-refractivity contribution in [2.75, 3.05) is 0 Å². The van der Waals surface area contributed by atoms with Gasteiger partial charge in [0.25, 0.3) is 5.56 Å². The minimum atomic E-state index is -0.947. The highest BCUT2D eigenvalue weighted by Gasteiger charge is 2.13. The third-order valence-electron chi connectivity index (χ3n) is 4.08. The zero-order chi connectivity index (χ0) is 18.8. The first-order chi connectivity index (χ1) is 13.1. The Morgan fingerprint density at radius 1 is 1.11 bits per heavy atom. The van der Waals surface area contributed by atoms with Crippen LogP contribution in [-0.2, 0) is 5.75 Å². The Labute approximate surface area is 162 Å². The topological polar surface area (TPSA) is 83.0 Å². The van der Waals surface area contributed by atoms with E-state index in [1.807, 2.05) is 35.7 Å². The third kappa shape index (κ3) is 3.65. The van der Waals surface area contributed by atoms with E-state index in [9.17, 15) is 9.59 Å². The van der Waals surface area contributed by atoms with Crippen LogP contribution in [0.25, 0.3) is 21.3 Å². The SMILES string of the molecule is O=C(O)c1ccc(CSc2nc3scc(-c4ccccc4)c3c(=O)[nH]2)cc1. The molecule has 0 atom stereocenters. The second-order valence-electron chi connectivity index (χ2n) is 5.86. The van der Waals surface area contributed by atoms with Gasteiger partial charge in [-0.15, -0.1) is 11.3 Å². The minimum absolute atomic E-state index is 0.149. The number of aromatic nitrogens is 2. The maximum absolute atomic E-state index is 12.6. The van der Waals surface area contributed by atoms with Gasteiger partial charge in [-0.2, -0.15) is 0 Å². The van der Waals surface area contributed by atoms with Crippen molar-refractivity contribution in [3.63, 3.8) is 0 Å². The first-order valence-corrected chi connectivity index (χ1v) is 10.0. The maximum Gasteiger partial charge on any atom is 0.335 e. The lowest BCUT2D eigenvalue weighted by molar-refractivity contribution is 0.0697. The number of nitrogens with zero attached hydrogens (tertiary/aromatic N) is 1. The lowest BCUT2D eigenvalue weighted by Gasteiger charge is -2.03. The lowest BCUT2D eigenvalue weighted by Crippen LogP contribution is -2.08. The molecule has 0 radical (unpaired) electrons. The number of fused-ring (bicyclic) bond motifs is 1. The van der Waals surface area contributed by atoms with Gasteiger partial charge in [0.1, 0.15) is 4.83 Å². The standard InChI is InChI=1S/C20H14N2O3S2/c23-17-16-15(13-4-2-1-3-5-13)11-26-18(16)22-20(21-17)27-10-12-6-8-14(9-7-12)19(24)25/h1-9,11H,10H2,(H,24,25)(H,21,22,23). The summed E-state index contributed by atoms with van der Waals surface area (Å²) in [6.45, 7) is 0. The number of hydrogen-bond donors (Lipinski definition) is 2. The molecule has 2 N–H and O–H groups in total. The Bertz CT molecular complexity index is 1170. The molecule has 0 bridgehead atoms. The molecule has 0 fully saturated rings. The highest BCUT2D eigenvalue weighted by atomic mass is 32.2. The fourth-order valence-corrected chi connectivity index (χ4v) is 4.55. The summed E-state index contributed by atoms with van der Waals surface area (Å²) in [4.78, 5) is 31.7. The summed E-state index contributed by atoms with van der Waals surface area (Å²) in [5.74, 6) is -0.358. The van der Waals surface area contributed by atoms with Crippen LogP contribution in [0.3, 0.4) is 0 Å². The Balaban J connectivity index is 1.59. The van der Waals surface area contributed by atoms with E-state index in [1.54, 1.807) is 24.3 Å². The molecule has 0 unspecified atom stereocenters. The predicted molar refractivity (Wildman–Crippen MR) is 109 cm³/mol. The average Bonchev–Trinajstić information content (AvgIpc) is 3.12. The number of carboxylic acid groups (broad SMARTS) is 1. The Morgan fingerprint density at radius 2 is 1.85 bits per heavy atom. The van der Waals surface area contributed by atoms with Crippen LogP contribution in [0.5, 0.6) is 0 Å². The highest BCUT2D eigenvalue weighted by Crippen LogP contribution is 2.31. The molecule has 134 valence electrons. The van der Waals surface area contributed by atoms with Crippen LogP contribution in [0.1, 0.15) is 15.9 Å². The van der Waals surface area contributed by atoms with Crippen LogP contribution in [0, 0.1) is 0 Å². The molecular formula is C20H14N2O3S2. The number of benzene rings is 2. The Morgan fingerprint density at radius 3 is 2.56 bits per heavy atom. The molecule has 27 heavy (non-hydrogen) atoms. The summed E-state index contributed by atoms with van der Waals surface area (Å²) in [7, 11) is 0. The van der Waals surface area contributed by atoms with Gasteiger partial charge in [0.2, 0.25) is 0 Å². The predicted octanol–water partition coefficient (Wildman–Crippen LogP) is 4.64. The van der Waals surface area contributed by atoms with Gasteiger partial charge in [-0.25, -0.2) is 9.78 Å². The third-order valence-corrected chi connectivity index (χ3v) is 5.90. The van der Waals surface area contributed by atoms with Crippen molar-refractivity contribution in [1.82, 2.24) is 9.97 Å². The number of hydrogen-bond acceptors (Lipinski definition) is 5. The van der Waals surface area contributed by atoms with Crippen molar-refractivity contribution < 1.29 is 9.90 Å². The second-order valence-corrected chi connectivity index (χ2v) is 7.68. The molecule has 0 spiro atoms. The number of aromatic carboxylic acids is 1. The number of aromatic amines is 1. The average molecular weight is 394 g/mol. The van der Waals surface area contributed by atoms with E-state index < -0.39 is 5.97 Å². The quantitative estimate of drug-likeness (QED) is 0.380. The summed E-state index contributed by atoms with van der Waals surface area (Å²) in [5, 5.41) is 12.1. The maximum atomic E-state index is 12.6. The van der Waals surface area contributed by atoms with Gasteiger partial charge in [0.05, 0.1) is 10.9 Å². The van der Waals surface area contributed by atoms with Crippen LogP contribution in [0.4, 0.5) is 0 Å². The molecule has 4 rings (SSSR count). The van der Waals surface area contributed by atoms with Gasteiger partial charge in [-0.05, 0) is 23.3 Å². The van der Waals surface area contributed by atoms with Crippen molar-refractivity contribution in [3.8, 4) is 11.1 Å². The van der Waals surface area contributed by atoms with Crippen molar-refractivity contribution >= 4 is 39.3 Å². The van der Waals surface area contributed by atoms with Crippen LogP contribution in [-0.4, -0.2) is 21.0 Å². The molecule has 4 aromatic rings. The van der Waals surface area contributed by atoms with Crippen molar-refractivity contribution in [1.29, 1.82) is 0 Å². The molecule has 0 saturated heterocycles. The summed E-state index contributed by atoms with van der Waals surface area (Å²) in [6.07, 6.45) is 0. The summed E-state index contributed by atoms with van der Waals surface area (Å²) in [6, 6.07) is 16.5. The molecule has 0 aliphatic heterocycles. The molecule has 2 aromatic heterocycles. The monoisotopic (exact) mass is 394 g/mol. The fraction of sp³-hybridized carbons (Fsp3) is 0.0500. The fourth-order valence-electron chi connectivity index (χ4n) is 2.72. The number of thiophene rings is 1. The van der Waals surface area contributed by atoms with Crippen molar-refractivity contribution in [2.45, 2.75) is 10.9 Å². The van der Waals surface area contributed by atoms with E-state index in [-0.39, 0.29) is 11.1 Å². The summed E-state index contributed by atoms with van der Waals surface area (Å²) < 4.78 is 0. The molecule has 2 aromatic carbocycles. The number of thioether (sulfide) groups is 1. The largest absolute Gasteiger partial charge is 0.478 e. The number of carboxylic acids is 1. The highest BCUT2D eigenvalue weighted by molar-refractivity contribution is 7.98. The van der Waals surface area contributed by atoms with Gasteiger partial charge < -0.3 is 10.1 Å². The van der Waals surface area contributed by atoms with Crippen molar-refractivity contribution in [2.24, 2.45) is 0 Å². The molecule has 5 nitrogen and oxygen atoms in total. The van der Waals surface area contributed by atoms with Crippen molar-refractivity contribution in [3.05, 3.63) is 81.5 Å². The van der Waals surface area contributed by atoms with Gasteiger partial charge in [0.15, 0.2) is 5.16 Å². The minimum Gasteiger partial charge on any atom is -0.478 e. The Hall–Kier alpha value is -2.90. The zero-order valence-electron chi connectivity index (χ0n) is 14.0. The number of nitrogens with one attached hydrogen (secondary N) is 1. The van der Waals surface area contributed by atoms with Gasteiger partial charge >= 0.3 is 5.97 Å². The lowest BCUT2D eigenvalue weighted by atomic mass is 10.1. The first kappa shape index (κ1) is 17.5. The van der Waals surface area contributed by atoms with E-state index >= 15 is 0 Å². The van der Waals surface area contributed by atoms with E-state index in [4.69, 9.17) is 5.11 Å². The summed E-state index contributed by atoms with van der Waals surface area (Å²) >= 11 is 2.87. The van der Waals surface area contributed by atoms with Crippen LogP contribution >= 0.6 is 23.1 Å². The zero-order valence-corrected chi connectivity index (χ0v) is 15.6. The van der Waals surface area contributed by atoms with E-state index in [0.717, 1.165) is 16.7 Å². The van der Waals surface area contributed by atoms with Gasteiger partial charge in [-0.1, -0.05) is 54.2 Å². The molecule has 0 amide bonds. The van der Waals surface area contributed by atoms with E-state index in [1.165, 1.54) is 23.1 Å². The number of carbonyl (C=O) groups is 1. The Kier molecular flexibility index (Phi) is 4.79. The molecule has 0 saturated carbocycles. The van der Waals surface area contributed by atoms with E-state index in [2.05, 4.69) is 9.97 Å². The van der Waals surface area contributed by atoms with Crippen LogP contribution in [0.15, 0.2) is 69.9 Å². The molecular weight excluding hydrogens is 380 g/mol. The molecule has 0 aliphatic rings. The number of rotatable bonds is 5. The van der Waals surface area contributed by atoms with Gasteiger partial charge in [-0.3, -0.25) is 4.79 Å².